The topological polar surface area (TPSA) is 58.5 Å². The molecule has 1 aliphatic rings. The number of benzene rings is 1. The molecule has 0 saturated heterocycles. The van der Waals surface area contributed by atoms with Gasteiger partial charge in [-0.25, -0.2) is 4.98 Å². The highest BCUT2D eigenvalue weighted by Crippen LogP contribution is 2.30. The normalized spacial score (nSPS) is 13.3. The molecular formula is C20H21ClN4O. The maximum atomic E-state index is 5.88. The van der Waals surface area contributed by atoms with E-state index in [0.717, 1.165) is 34.7 Å². The highest BCUT2D eigenvalue weighted by molar-refractivity contribution is 6.19. The van der Waals surface area contributed by atoms with Gasteiger partial charge in [0.2, 0.25) is 0 Å². The first-order valence-corrected chi connectivity index (χ1v) is 8.81. The number of methoxy groups -OCH3 is 1. The number of nitrogens with zero attached hydrogens (tertiary/aromatic N) is 2. The Balaban J connectivity index is 1.78. The van der Waals surface area contributed by atoms with E-state index in [-0.39, 0.29) is 0 Å². The van der Waals surface area contributed by atoms with Crippen molar-refractivity contribution in [2.45, 2.75) is 0 Å². The lowest BCUT2D eigenvalue weighted by molar-refractivity contribution is 0.415. The molecule has 2 N–H and O–H groups in total. The molecule has 6 heteroatoms. The molecular weight excluding hydrogens is 348 g/mol. The van der Waals surface area contributed by atoms with Gasteiger partial charge in [-0.15, -0.1) is 11.6 Å². The van der Waals surface area contributed by atoms with Gasteiger partial charge < -0.3 is 15.4 Å². The summed E-state index contributed by atoms with van der Waals surface area (Å²) in [6.07, 6.45) is 5.99. The van der Waals surface area contributed by atoms with Gasteiger partial charge in [0.1, 0.15) is 11.4 Å². The molecule has 0 aliphatic carbocycles. The summed E-state index contributed by atoms with van der Waals surface area (Å²) in [4.78, 5) is 8.65. The third kappa shape index (κ3) is 4.24. The Morgan fingerprint density at radius 3 is 3.00 bits per heavy atom. The van der Waals surface area contributed by atoms with Crippen LogP contribution in [-0.2, 0) is 0 Å². The van der Waals surface area contributed by atoms with Gasteiger partial charge >= 0.3 is 0 Å². The van der Waals surface area contributed by atoms with E-state index in [1.165, 1.54) is 0 Å². The van der Waals surface area contributed by atoms with Crippen molar-refractivity contribution in [1.29, 1.82) is 0 Å². The van der Waals surface area contributed by atoms with Crippen molar-refractivity contribution in [2.75, 3.05) is 31.4 Å². The van der Waals surface area contributed by atoms with E-state index < -0.39 is 0 Å². The zero-order valence-corrected chi connectivity index (χ0v) is 15.4. The lowest BCUT2D eigenvalue weighted by atomic mass is 10.1. The minimum absolute atomic E-state index is 0.476. The molecule has 1 aliphatic heterocycles. The summed E-state index contributed by atoms with van der Waals surface area (Å²) in [6, 6.07) is 9.81. The molecule has 1 aromatic heterocycles. The summed E-state index contributed by atoms with van der Waals surface area (Å²) in [5.41, 5.74) is 4.87. The largest absolute Gasteiger partial charge is 0.497 e. The Labute approximate surface area is 158 Å². The first-order chi connectivity index (χ1) is 12.7. The standard InChI is InChI=1S/C20H21ClN4O/c1-22-19-10-16(15-4-3-5-18(9-15)26-2)13-25-20(19)24-12-14-6-7-23-17(8-14)11-21/h3-6,8-10,13,23H,1,7,11-12H2,2H3,(H,24,25). The third-order valence-electron chi connectivity index (χ3n) is 4.10. The Hall–Kier alpha value is -2.79. The number of alkyl halides is 1. The summed E-state index contributed by atoms with van der Waals surface area (Å²) < 4.78 is 5.29. The van der Waals surface area contributed by atoms with Crippen LogP contribution in [0.4, 0.5) is 11.5 Å². The second kappa shape index (κ2) is 8.54. The van der Waals surface area contributed by atoms with E-state index in [0.29, 0.717) is 23.9 Å². The van der Waals surface area contributed by atoms with Crippen LogP contribution in [0, 0.1) is 0 Å². The van der Waals surface area contributed by atoms with Crippen molar-refractivity contribution in [2.24, 2.45) is 4.99 Å². The Morgan fingerprint density at radius 1 is 1.35 bits per heavy atom. The number of pyridine rings is 1. The quantitative estimate of drug-likeness (QED) is 0.569. The van der Waals surface area contributed by atoms with Crippen LogP contribution in [0.3, 0.4) is 0 Å². The van der Waals surface area contributed by atoms with Crippen LogP contribution in [0.25, 0.3) is 11.1 Å². The average Bonchev–Trinajstić information content (AvgIpc) is 2.72. The summed E-state index contributed by atoms with van der Waals surface area (Å²) >= 11 is 5.88. The maximum absolute atomic E-state index is 5.88. The first-order valence-electron chi connectivity index (χ1n) is 8.28. The molecule has 0 fully saturated rings. The molecule has 0 saturated carbocycles. The second-order valence-corrected chi connectivity index (χ2v) is 6.07. The minimum Gasteiger partial charge on any atom is -0.497 e. The van der Waals surface area contributed by atoms with Gasteiger partial charge in [-0.1, -0.05) is 18.2 Å². The van der Waals surface area contributed by atoms with E-state index in [1.807, 2.05) is 36.5 Å². The molecule has 2 heterocycles. The zero-order chi connectivity index (χ0) is 18.4. The number of aliphatic imine (C=N–C) groups is 1. The number of allylic oxidation sites excluding steroid dienone is 1. The van der Waals surface area contributed by atoms with Crippen molar-refractivity contribution in [3.8, 4) is 16.9 Å². The Morgan fingerprint density at radius 2 is 2.23 bits per heavy atom. The molecule has 1 aromatic carbocycles. The maximum Gasteiger partial charge on any atom is 0.152 e. The minimum atomic E-state index is 0.476. The van der Waals surface area contributed by atoms with Crippen molar-refractivity contribution in [3.63, 3.8) is 0 Å². The SMILES string of the molecule is C=Nc1cc(-c2cccc(OC)c2)cnc1NCC1=CCNC(CCl)=C1. The van der Waals surface area contributed by atoms with Gasteiger partial charge in [-0.3, -0.25) is 4.99 Å². The molecule has 0 atom stereocenters. The fourth-order valence-electron chi connectivity index (χ4n) is 2.71. The number of hydrogen-bond donors (Lipinski definition) is 2. The molecule has 2 aromatic rings. The van der Waals surface area contributed by atoms with Gasteiger partial charge in [0.05, 0.1) is 13.0 Å². The Bertz CT molecular complexity index is 861. The molecule has 26 heavy (non-hydrogen) atoms. The van der Waals surface area contributed by atoms with Crippen molar-refractivity contribution in [3.05, 3.63) is 60.0 Å². The van der Waals surface area contributed by atoms with Crippen LogP contribution in [0.1, 0.15) is 0 Å². The van der Waals surface area contributed by atoms with E-state index >= 15 is 0 Å². The van der Waals surface area contributed by atoms with E-state index in [9.17, 15) is 0 Å². The van der Waals surface area contributed by atoms with Crippen LogP contribution in [0.15, 0.2) is 64.9 Å². The van der Waals surface area contributed by atoms with Gasteiger partial charge in [0.15, 0.2) is 5.82 Å². The molecule has 0 bridgehead atoms. The summed E-state index contributed by atoms with van der Waals surface area (Å²) in [5.74, 6) is 1.98. The molecule has 3 rings (SSSR count). The Kier molecular flexibility index (Phi) is 5.92. The molecule has 0 radical (unpaired) electrons. The predicted molar refractivity (Wildman–Crippen MR) is 109 cm³/mol. The molecule has 134 valence electrons. The number of ether oxygens (including phenoxy) is 1. The van der Waals surface area contributed by atoms with Crippen molar-refractivity contribution < 1.29 is 4.74 Å². The zero-order valence-electron chi connectivity index (χ0n) is 14.6. The lowest BCUT2D eigenvalue weighted by Gasteiger charge is -2.16. The van der Waals surface area contributed by atoms with E-state index in [1.54, 1.807) is 7.11 Å². The van der Waals surface area contributed by atoms with Crippen LogP contribution in [0.5, 0.6) is 5.75 Å². The van der Waals surface area contributed by atoms with Gasteiger partial charge in [0.25, 0.3) is 0 Å². The van der Waals surface area contributed by atoms with Crippen LogP contribution in [0.2, 0.25) is 0 Å². The first kappa shape index (κ1) is 18.0. The molecule has 0 unspecified atom stereocenters. The average molecular weight is 369 g/mol. The number of anilines is 1. The third-order valence-corrected chi connectivity index (χ3v) is 4.39. The number of dihydropyridines is 1. The number of aromatic nitrogens is 1. The molecule has 0 amide bonds. The smallest absolute Gasteiger partial charge is 0.152 e. The fraction of sp³-hybridized carbons (Fsp3) is 0.200. The van der Waals surface area contributed by atoms with Crippen LogP contribution >= 0.6 is 11.6 Å². The molecule has 5 nitrogen and oxygen atoms in total. The lowest BCUT2D eigenvalue weighted by Crippen LogP contribution is -2.20. The number of rotatable bonds is 7. The number of hydrogen-bond acceptors (Lipinski definition) is 5. The van der Waals surface area contributed by atoms with Gasteiger partial charge in [-0.05, 0) is 42.1 Å². The van der Waals surface area contributed by atoms with E-state index in [4.69, 9.17) is 16.3 Å². The monoisotopic (exact) mass is 368 g/mol. The number of nitrogens with one attached hydrogen (secondary N) is 2. The van der Waals surface area contributed by atoms with Gasteiger partial charge in [-0.2, -0.15) is 0 Å². The highest BCUT2D eigenvalue weighted by atomic mass is 35.5. The summed E-state index contributed by atoms with van der Waals surface area (Å²) in [6.45, 7) is 5.10. The van der Waals surface area contributed by atoms with Crippen LogP contribution < -0.4 is 15.4 Å². The number of halogens is 1. The highest BCUT2D eigenvalue weighted by Gasteiger charge is 2.09. The van der Waals surface area contributed by atoms with Crippen molar-refractivity contribution >= 4 is 29.8 Å². The van der Waals surface area contributed by atoms with Crippen molar-refractivity contribution in [1.82, 2.24) is 10.3 Å². The molecule has 0 spiro atoms. The van der Waals surface area contributed by atoms with E-state index in [2.05, 4.69) is 39.5 Å². The fourth-order valence-corrected chi connectivity index (χ4v) is 2.88. The summed E-state index contributed by atoms with van der Waals surface area (Å²) in [7, 11) is 1.65. The van der Waals surface area contributed by atoms with Gasteiger partial charge in [0, 0.05) is 30.5 Å². The summed E-state index contributed by atoms with van der Waals surface area (Å²) in [5, 5.41) is 6.55. The second-order valence-electron chi connectivity index (χ2n) is 5.80. The van der Waals surface area contributed by atoms with Crippen LogP contribution in [-0.4, -0.2) is 37.8 Å². The predicted octanol–water partition coefficient (Wildman–Crippen LogP) is 4.15.